The molecule has 0 saturated heterocycles. The van der Waals surface area contributed by atoms with E-state index < -0.39 is 11.8 Å². The van der Waals surface area contributed by atoms with Gasteiger partial charge < -0.3 is 9.73 Å². The van der Waals surface area contributed by atoms with Crippen LogP contribution in [0.3, 0.4) is 0 Å². The third-order valence-electron chi connectivity index (χ3n) is 4.79. The number of thiophene rings is 1. The molecule has 1 aliphatic carbocycles. The third kappa shape index (κ3) is 3.73. The number of hydrogen-bond acceptors (Lipinski definition) is 7. The van der Waals surface area contributed by atoms with Gasteiger partial charge in [0, 0.05) is 4.88 Å². The van der Waals surface area contributed by atoms with Crippen molar-refractivity contribution in [3.63, 3.8) is 0 Å². The number of para-hydroxylation sites is 1. The van der Waals surface area contributed by atoms with Crippen molar-refractivity contribution < 1.29 is 14.0 Å². The maximum atomic E-state index is 12.4. The van der Waals surface area contributed by atoms with Crippen molar-refractivity contribution in [3.05, 3.63) is 62.3 Å². The smallest absolute Gasteiger partial charge is 0.329 e. The Morgan fingerprint density at radius 1 is 1.20 bits per heavy atom. The van der Waals surface area contributed by atoms with Gasteiger partial charge >= 0.3 is 11.8 Å². The van der Waals surface area contributed by atoms with Gasteiger partial charge in [0.2, 0.25) is 5.43 Å². The van der Waals surface area contributed by atoms with E-state index >= 15 is 0 Å². The number of benzene rings is 1. The number of rotatable bonds is 3. The van der Waals surface area contributed by atoms with E-state index in [1.54, 1.807) is 24.3 Å². The molecule has 1 aromatic carbocycles. The molecule has 4 rings (SSSR count). The average molecular weight is 420 g/mol. The quantitative estimate of drug-likeness (QED) is 0.383. The summed E-state index contributed by atoms with van der Waals surface area (Å²) in [5, 5.41) is 16.4. The molecule has 2 amide bonds. The van der Waals surface area contributed by atoms with E-state index in [0.29, 0.717) is 21.5 Å². The zero-order chi connectivity index (χ0) is 21.1. The van der Waals surface area contributed by atoms with Crippen molar-refractivity contribution in [2.24, 2.45) is 5.10 Å². The standard InChI is InChI=1S/C21H16N4O4S/c22-9-15-13-5-2-4-8-17(13)30-21(15)24-19(27)20(28)25-23-10-12-11-29-16-7-3-1-6-14(16)18(12)26/h1,3,6-7,10-11H,2,4-5,8H2,(H,24,27)(H,25,28)/b23-10+. The lowest BCUT2D eigenvalue weighted by Crippen LogP contribution is -2.32. The molecule has 2 N–H and O–H groups in total. The van der Waals surface area contributed by atoms with Crippen LogP contribution >= 0.6 is 11.3 Å². The number of carbonyl (C=O) groups is 2. The summed E-state index contributed by atoms with van der Waals surface area (Å²) in [5.41, 5.74) is 3.74. The van der Waals surface area contributed by atoms with E-state index in [-0.39, 0.29) is 11.0 Å². The molecular formula is C21H16N4O4S. The zero-order valence-electron chi connectivity index (χ0n) is 15.7. The van der Waals surface area contributed by atoms with Gasteiger partial charge in [-0.05, 0) is 43.4 Å². The van der Waals surface area contributed by atoms with Crippen LogP contribution in [0.2, 0.25) is 0 Å². The van der Waals surface area contributed by atoms with Crippen LogP contribution in [0.15, 0.2) is 44.8 Å². The second-order valence-electron chi connectivity index (χ2n) is 6.70. The highest BCUT2D eigenvalue weighted by molar-refractivity contribution is 7.16. The number of nitriles is 1. The number of fused-ring (bicyclic) bond motifs is 2. The van der Waals surface area contributed by atoms with Crippen molar-refractivity contribution in [1.29, 1.82) is 5.26 Å². The lowest BCUT2D eigenvalue weighted by Gasteiger charge is -2.09. The molecule has 9 heteroatoms. The third-order valence-corrected chi connectivity index (χ3v) is 6.00. The molecule has 150 valence electrons. The summed E-state index contributed by atoms with van der Waals surface area (Å²) in [6, 6.07) is 8.88. The normalized spacial score (nSPS) is 13.0. The minimum Gasteiger partial charge on any atom is -0.463 e. The summed E-state index contributed by atoms with van der Waals surface area (Å²) in [5.74, 6) is -1.94. The first-order valence-corrected chi connectivity index (χ1v) is 10.1. The highest BCUT2D eigenvalue weighted by Gasteiger charge is 2.23. The van der Waals surface area contributed by atoms with Gasteiger partial charge in [0.05, 0.1) is 22.7 Å². The van der Waals surface area contributed by atoms with Crippen molar-refractivity contribution in [3.8, 4) is 6.07 Å². The predicted molar refractivity (Wildman–Crippen MR) is 113 cm³/mol. The van der Waals surface area contributed by atoms with E-state index in [2.05, 4.69) is 21.9 Å². The number of hydrazone groups is 1. The van der Waals surface area contributed by atoms with E-state index in [9.17, 15) is 19.6 Å². The minimum atomic E-state index is -1.01. The summed E-state index contributed by atoms with van der Waals surface area (Å²) < 4.78 is 5.36. The van der Waals surface area contributed by atoms with E-state index in [1.165, 1.54) is 17.6 Å². The number of anilines is 1. The minimum absolute atomic E-state index is 0.132. The molecule has 0 radical (unpaired) electrons. The van der Waals surface area contributed by atoms with E-state index in [1.807, 2.05) is 0 Å². The van der Waals surface area contributed by atoms with Gasteiger partial charge in [-0.25, -0.2) is 5.43 Å². The Labute approximate surface area is 174 Å². The molecule has 8 nitrogen and oxygen atoms in total. The molecule has 0 saturated carbocycles. The summed E-state index contributed by atoms with van der Waals surface area (Å²) >= 11 is 1.33. The first-order valence-electron chi connectivity index (χ1n) is 9.28. The fourth-order valence-corrected chi connectivity index (χ4v) is 4.56. The van der Waals surface area contributed by atoms with Crippen molar-refractivity contribution >= 4 is 45.3 Å². The highest BCUT2D eigenvalue weighted by Crippen LogP contribution is 2.37. The summed E-state index contributed by atoms with van der Waals surface area (Å²) in [4.78, 5) is 37.7. The maximum absolute atomic E-state index is 12.4. The Bertz CT molecular complexity index is 1280. The summed E-state index contributed by atoms with van der Waals surface area (Å²) in [6.45, 7) is 0. The predicted octanol–water partition coefficient (Wildman–Crippen LogP) is 2.69. The van der Waals surface area contributed by atoms with Crippen LogP contribution in [0.5, 0.6) is 0 Å². The maximum Gasteiger partial charge on any atom is 0.329 e. The molecule has 2 heterocycles. The van der Waals surface area contributed by atoms with Gasteiger partial charge in [-0.15, -0.1) is 11.3 Å². The largest absolute Gasteiger partial charge is 0.463 e. The van der Waals surface area contributed by atoms with Crippen LogP contribution in [0.25, 0.3) is 11.0 Å². The van der Waals surface area contributed by atoms with Crippen LogP contribution in [-0.2, 0) is 22.4 Å². The Morgan fingerprint density at radius 2 is 2.00 bits per heavy atom. The first-order chi connectivity index (χ1) is 14.6. The second kappa shape index (κ2) is 8.31. The number of carbonyl (C=O) groups excluding carboxylic acids is 2. The molecule has 0 spiro atoms. The SMILES string of the molecule is N#Cc1c(NC(=O)C(=O)N/N=C/c2coc3ccccc3c2=O)sc2c1CCCC2. The topological polar surface area (TPSA) is 125 Å². The molecule has 30 heavy (non-hydrogen) atoms. The van der Waals surface area contributed by atoms with Crippen LogP contribution in [-0.4, -0.2) is 18.0 Å². The molecule has 0 atom stereocenters. The number of nitrogens with zero attached hydrogens (tertiary/aromatic N) is 2. The lowest BCUT2D eigenvalue weighted by atomic mass is 9.96. The van der Waals surface area contributed by atoms with E-state index in [4.69, 9.17) is 4.42 Å². The zero-order valence-corrected chi connectivity index (χ0v) is 16.5. The fourth-order valence-electron chi connectivity index (χ4n) is 3.33. The molecule has 0 aliphatic heterocycles. The Kier molecular flexibility index (Phi) is 5.41. The van der Waals surface area contributed by atoms with Crippen molar-refractivity contribution in [2.45, 2.75) is 25.7 Å². The van der Waals surface area contributed by atoms with E-state index in [0.717, 1.165) is 42.3 Å². The molecule has 0 fully saturated rings. The number of aryl methyl sites for hydroxylation is 1. The first kappa shape index (κ1) is 19.5. The summed E-state index contributed by atoms with van der Waals surface area (Å²) in [6.07, 6.45) is 6.07. The Balaban J connectivity index is 1.44. The molecule has 2 aromatic heterocycles. The number of nitrogens with one attached hydrogen (secondary N) is 2. The van der Waals surface area contributed by atoms with Crippen LogP contribution in [0, 0.1) is 11.3 Å². The van der Waals surface area contributed by atoms with Crippen LogP contribution < -0.4 is 16.2 Å². The Morgan fingerprint density at radius 3 is 2.83 bits per heavy atom. The summed E-state index contributed by atoms with van der Waals surface area (Å²) in [7, 11) is 0. The molecular weight excluding hydrogens is 404 g/mol. The van der Waals surface area contributed by atoms with Crippen molar-refractivity contribution in [1.82, 2.24) is 5.43 Å². The average Bonchev–Trinajstić information content (AvgIpc) is 3.12. The number of amides is 2. The molecule has 0 unspecified atom stereocenters. The second-order valence-corrected chi connectivity index (χ2v) is 7.80. The number of hydrogen-bond donors (Lipinski definition) is 2. The van der Waals surface area contributed by atoms with Gasteiger partial charge in [0.25, 0.3) is 0 Å². The monoisotopic (exact) mass is 420 g/mol. The fraction of sp³-hybridized carbons (Fsp3) is 0.190. The molecule has 3 aromatic rings. The molecule has 0 bridgehead atoms. The lowest BCUT2D eigenvalue weighted by molar-refractivity contribution is -0.136. The van der Waals surface area contributed by atoms with Gasteiger partial charge in [-0.1, -0.05) is 12.1 Å². The van der Waals surface area contributed by atoms with Gasteiger partial charge in [0.15, 0.2) is 0 Å². The van der Waals surface area contributed by atoms with Crippen LogP contribution in [0.1, 0.15) is 34.4 Å². The van der Waals surface area contributed by atoms with Crippen LogP contribution in [0.4, 0.5) is 5.00 Å². The van der Waals surface area contributed by atoms with Gasteiger partial charge in [-0.3, -0.25) is 14.4 Å². The highest BCUT2D eigenvalue weighted by atomic mass is 32.1. The van der Waals surface area contributed by atoms with Crippen molar-refractivity contribution in [2.75, 3.05) is 5.32 Å². The Hall–Kier alpha value is -3.77. The van der Waals surface area contributed by atoms with Gasteiger partial charge in [0.1, 0.15) is 22.9 Å². The molecule has 1 aliphatic rings. The van der Waals surface area contributed by atoms with Gasteiger partial charge in [-0.2, -0.15) is 10.4 Å².